The zero-order valence-electron chi connectivity index (χ0n) is 9.60. The molecule has 0 unspecified atom stereocenters. The third-order valence-corrected chi connectivity index (χ3v) is 2.84. The van der Waals surface area contributed by atoms with Crippen LogP contribution in [0.4, 0.5) is 25.8 Å². The van der Waals surface area contributed by atoms with Crippen LogP contribution in [0.3, 0.4) is 0 Å². The Bertz CT molecular complexity index is 600. The fourth-order valence-electron chi connectivity index (χ4n) is 1.55. The van der Waals surface area contributed by atoms with Gasteiger partial charge in [0.15, 0.2) is 5.82 Å². The van der Waals surface area contributed by atoms with Gasteiger partial charge in [-0.1, -0.05) is 17.7 Å². The predicted molar refractivity (Wildman–Crippen MR) is 70.2 cm³/mol. The van der Waals surface area contributed by atoms with Crippen LogP contribution < -0.4 is 11.1 Å². The summed E-state index contributed by atoms with van der Waals surface area (Å²) < 4.78 is 26.9. The lowest BCUT2D eigenvalue weighted by molar-refractivity contribution is 0.619. The topological polar surface area (TPSA) is 38.0 Å². The average Bonchev–Trinajstić information content (AvgIpc) is 2.32. The minimum atomic E-state index is -0.569. The molecule has 2 rings (SSSR count). The van der Waals surface area contributed by atoms with E-state index in [9.17, 15) is 8.78 Å². The summed E-state index contributed by atoms with van der Waals surface area (Å²) in [6, 6.07) is 7.30. The second-order valence-electron chi connectivity index (χ2n) is 3.92. The number of aryl methyl sites for hydroxylation is 1. The Morgan fingerprint density at radius 1 is 1.17 bits per heavy atom. The molecule has 0 aromatic heterocycles. The van der Waals surface area contributed by atoms with E-state index in [-0.39, 0.29) is 16.4 Å². The molecule has 0 saturated carbocycles. The molecule has 0 aliphatic carbocycles. The van der Waals surface area contributed by atoms with Crippen molar-refractivity contribution in [3.8, 4) is 0 Å². The maximum atomic E-state index is 13.7. The molecule has 0 heterocycles. The van der Waals surface area contributed by atoms with Crippen molar-refractivity contribution in [2.45, 2.75) is 6.92 Å². The van der Waals surface area contributed by atoms with Crippen molar-refractivity contribution < 1.29 is 8.78 Å². The fourth-order valence-corrected chi connectivity index (χ4v) is 1.73. The highest BCUT2D eigenvalue weighted by Crippen LogP contribution is 2.29. The van der Waals surface area contributed by atoms with Crippen LogP contribution in [0, 0.1) is 18.6 Å². The second kappa shape index (κ2) is 4.82. The monoisotopic (exact) mass is 268 g/mol. The highest BCUT2D eigenvalue weighted by Gasteiger charge is 2.09. The van der Waals surface area contributed by atoms with E-state index in [1.165, 1.54) is 24.3 Å². The minimum absolute atomic E-state index is 0.0115. The largest absolute Gasteiger partial charge is 0.397 e. The van der Waals surface area contributed by atoms with Gasteiger partial charge in [-0.15, -0.1) is 0 Å². The second-order valence-corrected chi connectivity index (χ2v) is 4.32. The van der Waals surface area contributed by atoms with E-state index in [4.69, 9.17) is 17.3 Å². The molecule has 2 aromatic carbocycles. The van der Waals surface area contributed by atoms with E-state index in [1.54, 1.807) is 13.0 Å². The highest BCUT2D eigenvalue weighted by molar-refractivity contribution is 6.31. The van der Waals surface area contributed by atoms with Crippen molar-refractivity contribution in [2.75, 3.05) is 11.1 Å². The number of benzene rings is 2. The molecule has 0 spiro atoms. The van der Waals surface area contributed by atoms with Gasteiger partial charge in [0.1, 0.15) is 5.82 Å². The zero-order chi connectivity index (χ0) is 13.3. The van der Waals surface area contributed by atoms with Crippen molar-refractivity contribution in [1.82, 2.24) is 0 Å². The maximum absolute atomic E-state index is 13.7. The quantitative estimate of drug-likeness (QED) is 0.799. The molecule has 94 valence electrons. The van der Waals surface area contributed by atoms with Crippen LogP contribution in [0.15, 0.2) is 30.3 Å². The number of rotatable bonds is 2. The van der Waals surface area contributed by atoms with Crippen LogP contribution in [-0.4, -0.2) is 0 Å². The molecule has 0 amide bonds. The van der Waals surface area contributed by atoms with E-state index in [1.807, 2.05) is 0 Å². The Morgan fingerprint density at radius 3 is 2.61 bits per heavy atom. The molecular weight excluding hydrogens is 258 g/mol. The van der Waals surface area contributed by atoms with Gasteiger partial charge in [0.05, 0.1) is 22.1 Å². The molecule has 0 aliphatic heterocycles. The molecule has 5 heteroatoms. The Morgan fingerprint density at radius 2 is 1.89 bits per heavy atom. The van der Waals surface area contributed by atoms with Crippen LogP contribution in [-0.2, 0) is 0 Å². The first kappa shape index (κ1) is 12.6. The first-order chi connectivity index (χ1) is 8.49. The van der Waals surface area contributed by atoms with E-state index in [0.29, 0.717) is 11.3 Å². The fraction of sp³-hybridized carbons (Fsp3) is 0.0769. The molecule has 0 atom stereocenters. The first-order valence-corrected chi connectivity index (χ1v) is 5.63. The normalized spacial score (nSPS) is 10.4. The van der Waals surface area contributed by atoms with E-state index in [2.05, 4.69) is 5.32 Å². The summed E-state index contributed by atoms with van der Waals surface area (Å²) in [5, 5.41) is 2.81. The summed E-state index contributed by atoms with van der Waals surface area (Å²) in [6.45, 7) is 1.61. The number of nitrogens with two attached hydrogens (primary N) is 1. The Labute approximate surface area is 108 Å². The Hall–Kier alpha value is -1.81. The van der Waals surface area contributed by atoms with Crippen molar-refractivity contribution in [3.05, 3.63) is 52.6 Å². The summed E-state index contributed by atoms with van der Waals surface area (Å²) in [5.41, 5.74) is 6.93. The smallest absolute Gasteiger partial charge is 0.165 e. The van der Waals surface area contributed by atoms with E-state index >= 15 is 0 Å². The van der Waals surface area contributed by atoms with Gasteiger partial charge in [-0.2, -0.15) is 0 Å². The Kier molecular flexibility index (Phi) is 3.39. The van der Waals surface area contributed by atoms with Gasteiger partial charge < -0.3 is 11.1 Å². The van der Waals surface area contributed by atoms with E-state index < -0.39 is 11.6 Å². The van der Waals surface area contributed by atoms with Crippen LogP contribution in [0.25, 0.3) is 0 Å². The summed E-state index contributed by atoms with van der Waals surface area (Å²) >= 11 is 5.67. The van der Waals surface area contributed by atoms with Crippen LogP contribution in [0.2, 0.25) is 5.02 Å². The lowest BCUT2D eigenvalue weighted by Crippen LogP contribution is -2.00. The van der Waals surface area contributed by atoms with Gasteiger partial charge in [0.2, 0.25) is 0 Å². The molecule has 2 aromatic rings. The van der Waals surface area contributed by atoms with Crippen molar-refractivity contribution >= 4 is 28.7 Å². The standard InChI is InChI=1S/C13H11ClF2N2/c1-7-5-12(10(17)6-9(7)15)18-11-4-2-3-8(14)13(11)16/h2-6,18H,17H2,1H3. The van der Waals surface area contributed by atoms with Gasteiger partial charge in [-0.05, 0) is 36.8 Å². The van der Waals surface area contributed by atoms with Crippen LogP contribution in [0.5, 0.6) is 0 Å². The van der Waals surface area contributed by atoms with Gasteiger partial charge >= 0.3 is 0 Å². The van der Waals surface area contributed by atoms with E-state index in [0.717, 1.165) is 0 Å². The maximum Gasteiger partial charge on any atom is 0.165 e. The number of nitrogens with one attached hydrogen (secondary N) is 1. The van der Waals surface area contributed by atoms with Crippen LogP contribution >= 0.6 is 11.6 Å². The molecule has 0 bridgehead atoms. The molecule has 0 saturated heterocycles. The van der Waals surface area contributed by atoms with Crippen molar-refractivity contribution in [1.29, 1.82) is 0 Å². The third kappa shape index (κ3) is 2.38. The lowest BCUT2D eigenvalue weighted by atomic mass is 10.1. The predicted octanol–water partition coefficient (Wildman–Crippen LogP) is 4.25. The lowest BCUT2D eigenvalue weighted by Gasteiger charge is -2.12. The molecule has 0 fully saturated rings. The zero-order valence-corrected chi connectivity index (χ0v) is 10.4. The SMILES string of the molecule is Cc1cc(Nc2cccc(Cl)c2F)c(N)cc1F. The molecule has 3 N–H and O–H groups in total. The number of halogens is 3. The van der Waals surface area contributed by atoms with Crippen molar-refractivity contribution in [3.63, 3.8) is 0 Å². The summed E-state index contributed by atoms with van der Waals surface area (Å²) in [5.74, 6) is -0.967. The van der Waals surface area contributed by atoms with Gasteiger partial charge in [-0.25, -0.2) is 8.78 Å². The van der Waals surface area contributed by atoms with Crippen LogP contribution in [0.1, 0.15) is 5.56 Å². The minimum Gasteiger partial charge on any atom is -0.397 e. The number of nitrogen functional groups attached to an aromatic ring is 1. The van der Waals surface area contributed by atoms with Gasteiger partial charge in [0.25, 0.3) is 0 Å². The van der Waals surface area contributed by atoms with Gasteiger partial charge in [-0.3, -0.25) is 0 Å². The number of hydrogen-bond acceptors (Lipinski definition) is 2. The van der Waals surface area contributed by atoms with Crippen molar-refractivity contribution in [2.24, 2.45) is 0 Å². The summed E-state index contributed by atoms with van der Waals surface area (Å²) in [6.07, 6.45) is 0. The Balaban J connectivity index is 2.40. The number of anilines is 3. The molecule has 2 nitrogen and oxygen atoms in total. The first-order valence-electron chi connectivity index (χ1n) is 5.25. The highest BCUT2D eigenvalue weighted by atomic mass is 35.5. The number of hydrogen-bond donors (Lipinski definition) is 2. The van der Waals surface area contributed by atoms with Gasteiger partial charge in [0, 0.05) is 0 Å². The summed E-state index contributed by atoms with van der Waals surface area (Å²) in [7, 11) is 0. The third-order valence-electron chi connectivity index (χ3n) is 2.55. The molecule has 0 radical (unpaired) electrons. The summed E-state index contributed by atoms with van der Waals surface area (Å²) in [4.78, 5) is 0. The molecule has 0 aliphatic rings. The molecular formula is C13H11ClF2N2. The molecule has 18 heavy (non-hydrogen) atoms. The average molecular weight is 269 g/mol.